The maximum absolute atomic E-state index is 13.0. The fourth-order valence-corrected chi connectivity index (χ4v) is 6.04. The van der Waals surface area contributed by atoms with E-state index in [1.807, 2.05) is 0 Å². The second kappa shape index (κ2) is 21.2. The molecule has 0 aliphatic heterocycles. The van der Waals surface area contributed by atoms with Crippen molar-refractivity contribution in [1.82, 2.24) is 19.1 Å². The fourth-order valence-electron chi connectivity index (χ4n) is 4.35. The molecule has 16 heteroatoms. The fraction of sp³-hybridized carbons (Fsp3) is 0.514. The van der Waals surface area contributed by atoms with Gasteiger partial charge in [0.2, 0.25) is 0 Å². The van der Waals surface area contributed by atoms with Crippen LogP contribution in [-0.2, 0) is 47.8 Å². The average Bonchev–Trinajstić information content (AvgIpc) is 3.66. The predicted molar refractivity (Wildman–Crippen MR) is 209 cm³/mol. The van der Waals surface area contributed by atoms with E-state index in [-0.39, 0.29) is 54.0 Å². The topological polar surface area (TPSA) is 74.3 Å². The minimum atomic E-state index is -4.51. The smallest absolute Gasteiger partial charge is 0.392 e. The molecule has 0 atom stereocenters. The summed E-state index contributed by atoms with van der Waals surface area (Å²) in [6.45, 7) is 14.3. The summed E-state index contributed by atoms with van der Waals surface area (Å²) in [5.74, 6) is 0.786. The molecule has 0 saturated heterocycles. The number of alkyl halides is 7. The highest BCUT2D eigenvalue weighted by Crippen LogP contribution is 2.32. The van der Waals surface area contributed by atoms with Crippen LogP contribution < -0.4 is 0 Å². The molecular formula is C37H57ClF6N4O3Si2. The molecule has 1 N–H and O–H groups in total. The molecule has 0 saturated carbocycles. The molecule has 2 aromatic heterocycles. The molecule has 4 rings (SSSR count). The summed E-state index contributed by atoms with van der Waals surface area (Å²) >= 11 is 5.76. The van der Waals surface area contributed by atoms with Crippen LogP contribution >= 0.6 is 11.6 Å². The molecule has 0 fully saturated rings. The van der Waals surface area contributed by atoms with Crippen LogP contribution in [0.5, 0.6) is 0 Å². The van der Waals surface area contributed by atoms with Gasteiger partial charge in [-0.15, -0.1) is 11.6 Å². The highest BCUT2D eigenvalue weighted by Gasteiger charge is 2.36. The van der Waals surface area contributed by atoms with E-state index >= 15 is 0 Å². The Labute approximate surface area is 318 Å². The van der Waals surface area contributed by atoms with Gasteiger partial charge in [0.25, 0.3) is 0 Å². The Morgan fingerprint density at radius 1 is 0.623 bits per heavy atom. The molecule has 0 aliphatic carbocycles. The molecule has 2 heterocycles. The van der Waals surface area contributed by atoms with Crippen LogP contribution in [-0.4, -0.2) is 53.6 Å². The van der Waals surface area contributed by atoms with Crippen LogP contribution in [0.15, 0.2) is 60.9 Å². The van der Waals surface area contributed by atoms with Crippen LogP contribution in [0.25, 0.3) is 22.8 Å². The SMILES string of the molecule is C.C.C.C[Si](C)(C)CCOCn1cc(C(F)(F)F)nc1-c1ccc(CCl)cc1.C[Si](C)(C)CCOCn1cc(C(F)(F)F)nc1-c1ccc(CO)cc1. The Bertz CT molecular complexity index is 1510. The summed E-state index contributed by atoms with van der Waals surface area (Å²) in [5.41, 5.74) is 0.857. The first-order valence-corrected chi connectivity index (χ1v) is 23.9. The number of aliphatic hydroxyl groups excluding tert-OH is 1. The summed E-state index contributed by atoms with van der Waals surface area (Å²) < 4.78 is 92.1. The van der Waals surface area contributed by atoms with Gasteiger partial charge in [0.1, 0.15) is 25.1 Å². The van der Waals surface area contributed by atoms with Crippen molar-refractivity contribution in [2.45, 2.75) is 112 Å². The zero-order chi connectivity index (χ0) is 37.3. The lowest BCUT2D eigenvalue weighted by Crippen LogP contribution is -2.22. The van der Waals surface area contributed by atoms with E-state index in [1.165, 1.54) is 9.13 Å². The number of aliphatic hydroxyl groups is 1. The second-order valence-electron chi connectivity index (χ2n) is 14.2. The third-order valence-electron chi connectivity index (χ3n) is 7.35. The third kappa shape index (κ3) is 16.5. The van der Waals surface area contributed by atoms with Crippen molar-refractivity contribution < 1.29 is 40.9 Å². The largest absolute Gasteiger partial charge is 0.434 e. The van der Waals surface area contributed by atoms with Crippen LogP contribution in [0.1, 0.15) is 44.8 Å². The average molecular weight is 812 g/mol. The predicted octanol–water partition coefficient (Wildman–Crippen LogP) is 11.9. The minimum absolute atomic E-state index is 0. The van der Waals surface area contributed by atoms with E-state index in [1.54, 1.807) is 48.5 Å². The summed E-state index contributed by atoms with van der Waals surface area (Å²) in [7, 11) is -2.51. The summed E-state index contributed by atoms with van der Waals surface area (Å²) in [6.07, 6.45) is -7.03. The number of rotatable bonds is 14. The van der Waals surface area contributed by atoms with Gasteiger partial charge in [-0.1, -0.05) is 110 Å². The second-order valence-corrected chi connectivity index (χ2v) is 25.7. The van der Waals surface area contributed by atoms with Gasteiger partial charge < -0.3 is 23.7 Å². The lowest BCUT2D eigenvalue weighted by molar-refractivity contribution is -0.141. The lowest BCUT2D eigenvalue weighted by atomic mass is 10.1. The zero-order valence-corrected chi connectivity index (χ0v) is 31.9. The Morgan fingerprint density at radius 3 is 1.25 bits per heavy atom. The highest BCUT2D eigenvalue weighted by atomic mass is 35.5. The molecule has 4 aromatic rings. The first-order chi connectivity index (χ1) is 23.2. The normalized spacial score (nSPS) is 11.9. The number of halogens is 7. The van der Waals surface area contributed by atoms with Crippen LogP contribution in [0.2, 0.25) is 51.4 Å². The molecule has 0 aliphatic rings. The van der Waals surface area contributed by atoms with E-state index in [2.05, 4.69) is 49.3 Å². The monoisotopic (exact) mass is 810 g/mol. The van der Waals surface area contributed by atoms with Crippen molar-refractivity contribution in [3.05, 3.63) is 83.4 Å². The van der Waals surface area contributed by atoms with Crippen LogP contribution in [0.3, 0.4) is 0 Å². The standard InChI is InChI=1S/C17H22ClF3N2OSi.C17H23F3N2O2Si.3CH4/c1-25(2,3)9-8-24-12-23-11-15(17(19,20)21)22-16(23)14-6-4-13(10-18)5-7-14;1-25(2,3)9-8-24-12-22-10-15(17(18,19)20)21-16(22)14-6-4-13(11-23)5-7-14;;;/h4-7,11H,8-10,12H2,1-3H3;4-7,10,23H,8-9,11-12H2,1-3H3;3*1H4. The molecule has 0 spiro atoms. The lowest BCUT2D eigenvalue weighted by Gasteiger charge is -2.16. The molecule has 53 heavy (non-hydrogen) atoms. The van der Waals surface area contributed by atoms with Gasteiger partial charge in [-0.3, -0.25) is 0 Å². The molecule has 300 valence electrons. The van der Waals surface area contributed by atoms with Crippen molar-refractivity contribution in [2.24, 2.45) is 0 Å². The number of benzene rings is 2. The number of imidazole rings is 2. The number of hydrogen-bond donors (Lipinski definition) is 1. The first-order valence-electron chi connectivity index (χ1n) is 16.0. The molecule has 0 bridgehead atoms. The van der Waals surface area contributed by atoms with Crippen LogP contribution in [0, 0.1) is 0 Å². The van der Waals surface area contributed by atoms with Crippen molar-refractivity contribution in [1.29, 1.82) is 0 Å². The number of hydrogen-bond acceptors (Lipinski definition) is 5. The van der Waals surface area contributed by atoms with Crippen molar-refractivity contribution in [2.75, 3.05) is 13.2 Å². The molecule has 0 unspecified atom stereocenters. The van der Waals surface area contributed by atoms with E-state index in [9.17, 15) is 26.3 Å². The number of aromatic nitrogens is 4. The van der Waals surface area contributed by atoms with E-state index in [0.717, 1.165) is 30.0 Å². The molecule has 0 radical (unpaired) electrons. The zero-order valence-electron chi connectivity index (χ0n) is 29.1. The maximum Gasteiger partial charge on any atom is 0.434 e. The van der Waals surface area contributed by atoms with Gasteiger partial charge >= 0.3 is 12.4 Å². The van der Waals surface area contributed by atoms with E-state index < -0.39 is 39.9 Å². The van der Waals surface area contributed by atoms with Crippen LogP contribution in [0.4, 0.5) is 26.3 Å². The molecular weight excluding hydrogens is 754 g/mol. The summed E-state index contributed by atoms with van der Waals surface area (Å²) in [4.78, 5) is 7.51. The highest BCUT2D eigenvalue weighted by molar-refractivity contribution is 6.76. The quantitative estimate of drug-likeness (QED) is 0.0594. The van der Waals surface area contributed by atoms with E-state index in [4.69, 9.17) is 26.2 Å². The van der Waals surface area contributed by atoms with Crippen molar-refractivity contribution in [3.63, 3.8) is 0 Å². The first kappa shape index (κ1) is 50.0. The third-order valence-corrected chi connectivity index (χ3v) is 11.1. The Hall–Kier alpha value is -2.96. The maximum atomic E-state index is 13.0. The van der Waals surface area contributed by atoms with Gasteiger partial charge in [0.15, 0.2) is 11.4 Å². The van der Waals surface area contributed by atoms with Gasteiger partial charge in [-0.2, -0.15) is 26.3 Å². The molecule has 0 amide bonds. The van der Waals surface area contributed by atoms with Gasteiger partial charge in [-0.05, 0) is 23.2 Å². The molecule has 7 nitrogen and oxygen atoms in total. The van der Waals surface area contributed by atoms with Gasteiger partial charge in [-0.25, -0.2) is 9.97 Å². The minimum Gasteiger partial charge on any atom is -0.392 e. The number of ether oxygens (including phenoxy) is 2. The molecule has 2 aromatic carbocycles. The van der Waals surface area contributed by atoms with E-state index in [0.29, 0.717) is 35.8 Å². The Kier molecular flexibility index (Phi) is 20.0. The van der Waals surface area contributed by atoms with Crippen molar-refractivity contribution >= 4 is 27.7 Å². The summed E-state index contributed by atoms with van der Waals surface area (Å²) in [5, 5.41) is 9.09. The Balaban J connectivity index is 0.000000966. The Morgan fingerprint density at radius 2 is 0.962 bits per heavy atom. The number of nitrogens with zero attached hydrogens (tertiary/aromatic N) is 4. The van der Waals surface area contributed by atoms with Gasteiger partial charge in [0, 0.05) is 58.8 Å². The van der Waals surface area contributed by atoms with Gasteiger partial charge in [0.05, 0.1) is 6.61 Å². The van der Waals surface area contributed by atoms with Crippen molar-refractivity contribution in [3.8, 4) is 22.8 Å². The summed E-state index contributed by atoms with van der Waals surface area (Å²) in [6, 6.07) is 15.5.